The zero-order valence-corrected chi connectivity index (χ0v) is 8.33. The fraction of sp³-hybridized carbons (Fsp3) is 0.455. The lowest BCUT2D eigenvalue weighted by atomic mass is 10.1. The van der Waals surface area contributed by atoms with Gasteiger partial charge >= 0.3 is 0 Å². The van der Waals surface area contributed by atoms with Crippen LogP contribution in [0.1, 0.15) is 5.56 Å². The number of hydrogen-bond donors (Lipinski definition) is 0. The maximum Gasteiger partial charge on any atom is 0.128 e. The molecule has 1 aromatic carbocycles. The van der Waals surface area contributed by atoms with Crippen molar-refractivity contribution in [2.24, 2.45) is 0 Å². The average Bonchev–Trinajstić information content (AvgIpc) is 2.23. The van der Waals surface area contributed by atoms with Gasteiger partial charge in [-0.25, -0.2) is 9.71 Å². The Balaban J connectivity index is 2.26. The van der Waals surface area contributed by atoms with Gasteiger partial charge in [0.05, 0.1) is 0 Å². The SMILES string of the molecule is Cc1c(F)cccc1N1CC[N]CC1. The Morgan fingerprint density at radius 1 is 1.29 bits per heavy atom. The van der Waals surface area contributed by atoms with E-state index in [1.54, 1.807) is 6.07 Å². The molecule has 1 aromatic rings. The van der Waals surface area contributed by atoms with Gasteiger partial charge in [0, 0.05) is 37.4 Å². The van der Waals surface area contributed by atoms with E-state index in [1.807, 2.05) is 13.0 Å². The van der Waals surface area contributed by atoms with Crippen molar-refractivity contribution in [3.63, 3.8) is 0 Å². The summed E-state index contributed by atoms with van der Waals surface area (Å²) in [5.74, 6) is -0.120. The Morgan fingerprint density at radius 3 is 2.71 bits per heavy atom. The van der Waals surface area contributed by atoms with Crippen molar-refractivity contribution < 1.29 is 4.39 Å². The molecule has 3 heteroatoms. The molecule has 1 saturated heterocycles. The third-order valence-electron chi connectivity index (χ3n) is 2.64. The molecular formula is C11H14FN2. The predicted molar refractivity (Wildman–Crippen MR) is 55.2 cm³/mol. The standard InChI is InChI=1S/C11H14FN2/c1-9-10(12)3-2-4-11(9)14-7-5-13-6-8-14/h2-4H,5-8H2,1H3. The average molecular weight is 193 g/mol. The van der Waals surface area contributed by atoms with Crippen LogP contribution in [0.3, 0.4) is 0 Å². The smallest absolute Gasteiger partial charge is 0.128 e. The summed E-state index contributed by atoms with van der Waals surface area (Å²) < 4.78 is 13.3. The number of halogens is 1. The van der Waals surface area contributed by atoms with Gasteiger partial charge in [0.1, 0.15) is 5.82 Å². The highest BCUT2D eigenvalue weighted by atomic mass is 19.1. The van der Waals surface area contributed by atoms with Crippen LogP contribution in [-0.4, -0.2) is 26.2 Å². The van der Waals surface area contributed by atoms with Crippen LogP contribution in [0, 0.1) is 12.7 Å². The van der Waals surface area contributed by atoms with Crippen LogP contribution < -0.4 is 10.2 Å². The van der Waals surface area contributed by atoms with Crippen LogP contribution in [0.5, 0.6) is 0 Å². The number of piperazine rings is 1. The zero-order valence-electron chi connectivity index (χ0n) is 8.33. The maximum atomic E-state index is 13.3. The van der Waals surface area contributed by atoms with E-state index in [0.29, 0.717) is 0 Å². The molecule has 0 aromatic heterocycles. The maximum absolute atomic E-state index is 13.3. The number of nitrogens with zero attached hydrogens (tertiary/aromatic N) is 2. The second kappa shape index (κ2) is 3.96. The van der Waals surface area contributed by atoms with Crippen LogP contribution in [-0.2, 0) is 0 Å². The van der Waals surface area contributed by atoms with E-state index in [-0.39, 0.29) is 5.82 Å². The minimum Gasteiger partial charge on any atom is -0.369 e. The fourth-order valence-electron chi connectivity index (χ4n) is 1.79. The summed E-state index contributed by atoms with van der Waals surface area (Å²) >= 11 is 0. The highest BCUT2D eigenvalue weighted by Crippen LogP contribution is 2.22. The molecule has 1 aliphatic heterocycles. The quantitative estimate of drug-likeness (QED) is 0.661. The minimum atomic E-state index is -0.120. The van der Waals surface area contributed by atoms with Crippen LogP contribution >= 0.6 is 0 Å². The molecule has 0 atom stereocenters. The van der Waals surface area contributed by atoms with Crippen molar-refractivity contribution >= 4 is 5.69 Å². The molecule has 0 unspecified atom stereocenters. The van der Waals surface area contributed by atoms with Crippen molar-refractivity contribution in [1.82, 2.24) is 5.32 Å². The van der Waals surface area contributed by atoms with Gasteiger partial charge in [0.25, 0.3) is 0 Å². The lowest BCUT2D eigenvalue weighted by molar-refractivity contribution is 0.573. The molecule has 0 aliphatic carbocycles. The van der Waals surface area contributed by atoms with Gasteiger partial charge < -0.3 is 4.90 Å². The topological polar surface area (TPSA) is 17.3 Å². The largest absolute Gasteiger partial charge is 0.369 e. The summed E-state index contributed by atoms with van der Waals surface area (Å²) in [6.07, 6.45) is 0. The van der Waals surface area contributed by atoms with Gasteiger partial charge in [0.2, 0.25) is 0 Å². The van der Waals surface area contributed by atoms with Crippen molar-refractivity contribution in [2.45, 2.75) is 6.92 Å². The molecule has 0 N–H and O–H groups in total. The lowest BCUT2D eigenvalue weighted by Gasteiger charge is -2.29. The first kappa shape index (κ1) is 9.46. The molecule has 0 amide bonds. The van der Waals surface area contributed by atoms with E-state index in [0.717, 1.165) is 37.4 Å². The molecule has 75 valence electrons. The van der Waals surface area contributed by atoms with Gasteiger partial charge in [-0.15, -0.1) is 0 Å². The predicted octanol–water partition coefficient (Wildman–Crippen LogP) is 1.56. The Bertz CT molecular complexity index is 319. The highest BCUT2D eigenvalue weighted by molar-refractivity contribution is 5.53. The summed E-state index contributed by atoms with van der Waals surface area (Å²) in [5, 5.41) is 4.27. The molecule has 1 radical (unpaired) electrons. The van der Waals surface area contributed by atoms with E-state index in [9.17, 15) is 4.39 Å². The van der Waals surface area contributed by atoms with E-state index in [1.165, 1.54) is 6.07 Å². The van der Waals surface area contributed by atoms with Gasteiger partial charge in [-0.2, -0.15) is 0 Å². The van der Waals surface area contributed by atoms with E-state index < -0.39 is 0 Å². The van der Waals surface area contributed by atoms with Gasteiger partial charge in [-0.05, 0) is 19.1 Å². The Kier molecular flexibility index (Phi) is 2.68. The molecule has 2 rings (SSSR count). The van der Waals surface area contributed by atoms with Crippen LogP contribution in [0.2, 0.25) is 0 Å². The number of anilines is 1. The molecule has 14 heavy (non-hydrogen) atoms. The monoisotopic (exact) mass is 193 g/mol. The van der Waals surface area contributed by atoms with Gasteiger partial charge in [0.15, 0.2) is 0 Å². The molecule has 1 heterocycles. The summed E-state index contributed by atoms with van der Waals surface area (Å²) in [7, 11) is 0. The third kappa shape index (κ3) is 1.73. The van der Waals surface area contributed by atoms with Crippen LogP contribution in [0.15, 0.2) is 18.2 Å². The first-order valence-corrected chi connectivity index (χ1v) is 4.92. The summed E-state index contributed by atoms with van der Waals surface area (Å²) in [6, 6.07) is 5.25. The van der Waals surface area contributed by atoms with Crippen molar-refractivity contribution in [2.75, 3.05) is 31.1 Å². The van der Waals surface area contributed by atoms with E-state index in [4.69, 9.17) is 0 Å². The van der Waals surface area contributed by atoms with Gasteiger partial charge in [-0.1, -0.05) is 6.07 Å². The summed E-state index contributed by atoms with van der Waals surface area (Å²) in [6.45, 7) is 5.36. The first-order chi connectivity index (χ1) is 6.79. The molecule has 0 saturated carbocycles. The van der Waals surface area contributed by atoms with Crippen LogP contribution in [0.4, 0.5) is 10.1 Å². The first-order valence-electron chi connectivity index (χ1n) is 4.92. The second-order valence-electron chi connectivity index (χ2n) is 3.54. The lowest BCUT2D eigenvalue weighted by Crippen LogP contribution is -2.40. The Hall–Kier alpha value is -1.09. The number of hydrogen-bond acceptors (Lipinski definition) is 1. The molecule has 1 aliphatic rings. The molecule has 0 bridgehead atoms. The molecule has 1 fully saturated rings. The molecule has 2 nitrogen and oxygen atoms in total. The summed E-state index contributed by atoms with van der Waals surface area (Å²) in [4.78, 5) is 2.20. The number of rotatable bonds is 1. The molecular weight excluding hydrogens is 179 g/mol. The zero-order chi connectivity index (χ0) is 9.97. The fourth-order valence-corrected chi connectivity index (χ4v) is 1.79. The Labute approximate surface area is 83.7 Å². The third-order valence-corrected chi connectivity index (χ3v) is 2.64. The van der Waals surface area contributed by atoms with Crippen molar-refractivity contribution in [3.8, 4) is 0 Å². The van der Waals surface area contributed by atoms with E-state index >= 15 is 0 Å². The Morgan fingerprint density at radius 2 is 2.00 bits per heavy atom. The van der Waals surface area contributed by atoms with Crippen LogP contribution in [0.25, 0.3) is 0 Å². The van der Waals surface area contributed by atoms with E-state index in [2.05, 4.69) is 10.2 Å². The number of benzene rings is 1. The van der Waals surface area contributed by atoms with Gasteiger partial charge in [-0.3, -0.25) is 0 Å². The highest BCUT2D eigenvalue weighted by Gasteiger charge is 2.14. The normalized spacial score (nSPS) is 17.1. The van der Waals surface area contributed by atoms with Crippen molar-refractivity contribution in [3.05, 3.63) is 29.6 Å². The summed E-state index contributed by atoms with van der Waals surface area (Å²) in [5.41, 5.74) is 1.76. The molecule has 0 spiro atoms. The second-order valence-corrected chi connectivity index (χ2v) is 3.54. The minimum absolute atomic E-state index is 0.120. The van der Waals surface area contributed by atoms with Crippen molar-refractivity contribution in [1.29, 1.82) is 0 Å².